The van der Waals surface area contributed by atoms with E-state index in [0.717, 1.165) is 44.0 Å². The fraction of sp³-hybridized carbons (Fsp3) is 0.409. The molecule has 3 aliphatic heterocycles. The zero-order chi connectivity index (χ0) is 21.5. The molecule has 0 radical (unpaired) electrons. The van der Waals surface area contributed by atoms with E-state index in [2.05, 4.69) is 32.6 Å². The van der Waals surface area contributed by atoms with E-state index in [1.165, 1.54) is 21.9 Å². The van der Waals surface area contributed by atoms with E-state index in [-0.39, 0.29) is 24.8 Å². The lowest BCUT2D eigenvalue weighted by Gasteiger charge is -2.37. The third-order valence-electron chi connectivity index (χ3n) is 6.27. The van der Waals surface area contributed by atoms with Crippen molar-refractivity contribution < 1.29 is 18.8 Å². The van der Waals surface area contributed by atoms with Gasteiger partial charge in [-0.2, -0.15) is 0 Å². The van der Waals surface area contributed by atoms with E-state index in [1.54, 1.807) is 11.3 Å². The molecule has 162 valence electrons. The summed E-state index contributed by atoms with van der Waals surface area (Å²) in [6.07, 6.45) is 0.494. The van der Waals surface area contributed by atoms with Crippen molar-refractivity contribution in [3.63, 3.8) is 0 Å². The normalized spacial score (nSPS) is 22.1. The average Bonchev–Trinajstić information content (AvgIpc) is 3.37. The van der Waals surface area contributed by atoms with Gasteiger partial charge in [0.05, 0.1) is 0 Å². The maximum absolute atomic E-state index is 14.4. The number of nitrogens with zero attached hydrogens (tertiary/aromatic N) is 3. The number of hydrogen-bond donors (Lipinski definition) is 1. The summed E-state index contributed by atoms with van der Waals surface area (Å²) in [4.78, 5) is 44.1. The van der Waals surface area contributed by atoms with Crippen LogP contribution in [-0.4, -0.2) is 59.7 Å². The molecule has 2 fully saturated rings. The van der Waals surface area contributed by atoms with Crippen LogP contribution in [0.1, 0.15) is 33.6 Å². The zero-order valence-electron chi connectivity index (χ0n) is 17.0. The Kier molecular flexibility index (Phi) is 5.23. The van der Waals surface area contributed by atoms with Crippen LogP contribution in [0.2, 0.25) is 0 Å². The number of carbonyl (C=O) groups is 3. The van der Waals surface area contributed by atoms with Crippen molar-refractivity contribution in [2.24, 2.45) is 0 Å². The van der Waals surface area contributed by atoms with Crippen molar-refractivity contribution in [3.05, 3.63) is 51.5 Å². The maximum Gasteiger partial charge on any atom is 0.255 e. The lowest BCUT2D eigenvalue weighted by atomic mass is 10.0. The first-order valence-electron chi connectivity index (χ1n) is 10.5. The van der Waals surface area contributed by atoms with E-state index in [4.69, 9.17) is 0 Å². The van der Waals surface area contributed by atoms with Crippen molar-refractivity contribution in [2.75, 3.05) is 31.1 Å². The monoisotopic (exact) mass is 442 g/mol. The van der Waals surface area contributed by atoms with E-state index < -0.39 is 17.8 Å². The molecule has 9 heteroatoms. The number of amides is 3. The number of carbonyl (C=O) groups excluding carboxylic acids is 3. The molecule has 3 aliphatic rings. The highest BCUT2D eigenvalue weighted by Gasteiger charge is 2.41. The number of piperazine rings is 1. The van der Waals surface area contributed by atoms with Gasteiger partial charge in [0.1, 0.15) is 11.9 Å². The minimum absolute atomic E-state index is 0.198. The van der Waals surface area contributed by atoms with Gasteiger partial charge in [0, 0.05) is 67.4 Å². The Morgan fingerprint density at radius 1 is 1.13 bits per heavy atom. The van der Waals surface area contributed by atoms with Gasteiger partial charge < -0.3 is 9.80 Å². The number of thiophene rings is 1. The molecule has 0 spiro atoms. The Balaban J connectivity index is 1.34. The number of benzene rings is 1. The maximum atomic E-state index is 14.4. The highest BCUT2D eigenvalue weighted by Crippen LogP contribution is 2.35. The van der Waals surface area contributed by atoms with Crippen molar-refractivity contribution >= 4 is 34.7 Å². The Labute approximate surface area is 183 Å². The molecule has 1 aromatic carbocycles. The molecule has 7 nitrogen and oxygen atoms in total. The van der Waals surface area contributed by atoms with Crippen molar-refractivity contribution in [1.29, 1.82) is 0 Å². The Morgan fingerprint density at radius 2 is 1.94 bits per heavy atom. The molecule has 1 N–H and O–H groups in total. The fourth-order valence-corrected chi connectivity index (χ4v) is 5.41. The SMILES string of the molecule is O=C1CCC(N2Cc3c(cc(F)cc3N3CCN(Cc4cccs4)CC3)C2=O)C(=O)N1. The molecule has 3 amide bonds. The van der Waals surface area contributed by atoms with Crippen LogP contribution in [-0.2, 0) is 22.7 Å². The van der Waals surface area contributed by atoms with Gasteiger partial charge >= 0.3 is 0 Å². The lowest BCUT2D eigenvalue weighted by Crippen LogP contribution is -2.52. The van der Waals surface area contributed by atoms with Gasteiger partial charge in [-0.3, -0.25) is 24.6 Å². The van der Waals surface area contributed by atoms with Gasteiger partial charge in [0.15, 0.2) is 0 Å². The summed E-state index contributed by atoms with van der Waals surface area (Å²) in [5.74, 6) is -1.57. The molecule has 1 unspecified atom stereocenters. The summed E-state index contributed by atoms with van der Waals surface area (Å²) in [6, 6.07) is 6.24. The van der Waals surface area contributed by atoms with Gasteiger partial charge in [-0.15, -0.1) is 11.3 Å². The van der Waals surface area contributed by atoms with E-state index in [1.807, 2.05) is 0 Å². The number of rotatable bonds is 4. The van der Waals surface area contributed by atoms with Crippen molar-refractivity contribution in [2.45, 2.75) is 32.0 Å². The number of anilines is 1. The second-order valence-corrected chi connectivity index (χ2v) is 9.23. The van der Waals surface area contributed by atoms with Crippen LogP contribution in [0.4, 0.5) is 10.1 Å². The van der Waals surface area contributed by atoms with Crippen LogP contribution in [0.15, 0.2) is 29.6 Å². The molecular formula is C22H23FN4O3S. The van der Waals surface area contributed by atoms with Crippen LogP contribution >= 0.6 is 11.3 Å². The van der Waals surface area contributed by atoms with Crippen molar-refractivity contribution in [1.82, 2.24) is 15.1 Å². The number of piperidine rings is 1. The lowest BCUT2D eigenvalue weighted by molar-refractivity contribution is -0.136. The number of fused-ring (bicyclic) bond motifs is 1. The first kappa shape index (κ1) is 20.1. The molecule has 1 aromatic heterocycles. The Hall–Kier alpha value is -2.78. The Morgan fingerprint density at radius 3 is 2.65 bits per heavy atom. The molecule has 31 heavy (non-hydrogen) atoms. The molecule has 0 saturated carbocycles. The van der Waals surface area contributed by atoms with Gasteiger partial charge in [-0.05, 0) is 30.0 Å². The van der Waals surface area contributed by atoms with E-state index >= 15 is 0 Å². The minimum atomic E-state index is -0.698. The van der Waals surface area contributed by atoms with Crippen LogP contribution in [0.3, 0.4) is 0 Å². The molecule has 5 rings (SSSR count). The Bertz CT molecular complexity index is 1030. The predicted molar refractivity (Wildman–Crippen MR) is 114 cm³/mol. The van der Waals surface area contributed by atoms with Crippen molar-refractivity contribution in [3.8, 4) is 0 Å². The smallest absolute Gasteiger partial charge is 0.255 e. The largest absolute Gasteiger partial charge is 0.369 e. The molecule has 1 atom stereocenters. The number of halogens is 1. The summed E-state index contributed by atoms with van der Waals surface area (Å²) in [5, 5.41) is 4.38. The van der Waals surface area contributed by atoms with Gasteiger partial charge in [-0.25, -0.2) is 4.39 Å². The molecule has 0 bridgehead atoms. The van der Waals surface area contributed by atoms with Gasteiger partial charge in [0.2, 0.25) is 11.8 Å². The fourth-order valence-electron chi connectivity index (χ4n) is 4.66. The molecule has 0 aliphatic carbocycles. The third kappa shape index (κ3) is 3.83. The first-order chi connectivity index (χ1) is 15.0. The number of nitrogens with one attached hydrogen (secondary N) is 1. The summed E-state index contributed by atoms with van der Waals surface area (Å²) >= 11 is 1.74. The van der Waals surface area contributed by atoms with Gasteiger partial charge in [-0.1, -0.05) is 6.07 Å². The van der Waals surface area contributed by atoms with Crippen LogP contribution < -0.4 is 10.2 Å². The molecular weight excluding hydrogens is 419 g/mol. The number of imide groups is 1. The third-order valence-corrected chi connectivity index (χ3v) is 7.13. The van der Waals surface area contributed by atoms with Crippen LogP contribution in [0, 0.1) is 5.82 Å². The minimum Gasteiger partial charge on any atom is -0.369 e. The highest BCUT2D eigenvalue weighted by molar-refractivity contribution is 7.09. The van der Waals surface area contributed by atoms with E-state index in [9.17, 15) is 18.8 Å². The summed E-state index contributed by atoms with van der Waals surface area (Å²) in [6.45, 7) is 4.36. The second kappa shape index (κ2) is 8.05. The highest BCUT2D eigenvalue weighted by atomic mass is 32.1. The predicted octanol–water partition coefficient (Wildman–Crippen LogP) is 1.97. The second-order valence-electron chi connectivity index (χ2n) is 8.19. The summed E-state index contributed by atoms with van der Waals surface area (Å²) < 4.78 is 14.4. The topological polar surface area (TPSA) is 73.0 Å². The molecule has 4 heterocycles. The van der Waals surface area contributed by atoms with Gasteiger partial charge in [0.25, 0.3) is 5.91 Å². The standard InChI is InChI=1S/C22H23FN4O3S/c23-14-10-16-17(13-27(22(16)30)18-3-4-20(28)24-21(18)29)19(11-14)26-7-5-25(6-8-26)12-15-2-1-9-31-15/h1-2,9-11,18H,3-8,12-13H2,(H,24,28,29). The van der Waals surface area contributed by atoms with E-state index in [0.29, 0.717) is 12.0 Å². The van der Waals surface area contributed by atoms with Crippen LogP contribution in [0.25, 0.3) is 0 Å². The number of hydrogen-bond acceptors (Lipinski definition) is 6. The first-order valence-corrected chi connectivity index (χ1v) is 11.3. The average molecular weight is 443 g/mol. The summed E-state index contributed by atoms with van der Waals surface area (Å²) in [5.41, 5.74) is 1.82. The molecule has 2 aromatic rings. The summed E-state index contributed by atoms with van der Waals surface area (Å²) in [7, 11) is 0. The zero-order valence-corrected chi connectivity index (χ0v) is 17.8. The quantitative estimate of drug-likeness (QED) is 0.733. The molecule has 2 saturated heterocycles. The van der Waals surface area contributed by atoms with Crippen LogP contribution in [0.5, 0.6) is 0 Å².